The maximum Gasteiger partial charge on any atom is 0.315 e. The van der Waals surface area contributed by atoms with Gasteiger partial charge in [0.25, 0.3) is 0 Å². The first kappa shape index (κ1) is 17.2. The summed E-state index contributed by atoms with van der Waals surface area (Å²) in [5, 5.41) is 6.20. The molecule has 3 rings (SSSR count). The monoisotopic (exact) mass is 331 g/mol. The van der Waals surface area contributed by atoms with Crippen LogP contribution in [0.4, 0.5) is 4.79 Å². The molecule has 5 heteroatoms. The van der Waals surface area contributed by atoms with Crippen LogP contribution in [0.1, 0.15) is 31.2 Å². The first-order chi connectivity index (χ1) is 11.8. The molecule has 2 N–H and O–H groups in total. The highest BCUT2D eigenvalue weighted by molar-refractivity contribution is 5.74. The molecule has 1 aliphatic carbocycles. The summed E-state index contributed by atoms with van der Waals surface area (Å²) in [6.07, 6.45) is 5.64. The zero-order valence-corrected chi connectivity index (χ0v) is 14.4. The van der Waals surface area contributed by atoms with Gasteiger partial charge in [0.1, 0.15) is 0 Å². The van der Waals surface area contributed by atoms with Crippen LogP contribution in [0.2, 0.25) is 0 Å². The predicted octanol–water partition coefficient (Wildman–Crippen LogP) is 2.17. The number of carbonyl (C=O) groups is 1. The molecule has 1 saturated heterocycles. The Kier molecular flexibility index (Phi) is 6.49. The number of urea groups is 1. The van der Waals surface area contributed by atoms with Gasteiger partial charge in [-0.3, -0.25) is 4.90 Å². The fourth-order valence-electron chi connectivity index (χ4n) is 3.68. The minimum atomic E-state index is -0.0202. The molecule has 0 bridgehead atoms. The lowest BCUT2D eigenvalue weighted by Crippen LogP contribution is -2.51. The van der Waals surface area contributed by atoms with Crippen molar-refractivity contribution in [2.75, 3.05) is 32.8 Å². The summed E-state index contributed by atoms with van der Waals surface area (Å²) in [4.78, 5) is 14.6. The highest BCUT2D eigenvalue weighted by Crippen LogP contribution is 2.17. The number of benzene rings is 1. The summed E-state index contributed by atoms with van der Waals surface area (Å²) < 4.78 is 5.47. The van der Waals surface area contributed by atoms with Gasteiger partial charge >= 0.3 is 6.03 Å². The largest absolute Gasteiger partial charge is 0.379 e. The SMILES string of the molecule is O=C(NCC(Cc1ccccc1)N1CCOCC1)NC1CCCC1. The maximum atomic E-state index is 12.2. The van der Waals surface area contributed by atoms with Gasteiger partial charge in [0.05, 0.1) is 13.2 Å². The van der Waals surface area contributed by atoms with Gasteiger partial charge in [0, 0.05) is 31.7 Å². The standard InChI is InChI=1S/C19H29N3O2/c23-19(21-17-8-4-5-9-17)20-15-18(22-10-12-24-13-11-22)14-16-6-2-1-3-7-16/h1-3,6-7,17-18H,4-5,8-15H2,(H2,20,21,23). The second-order valence-corrected chi connectivity index (χ2v) is 6.83. The van der Waals surface area contributed by atoms with Crippen LogP contribution in [0, 0.1) is 0 Å². The van der Waals surface area contributed by atoms with E-state index in [9.17, 15) is 4.79 Å². The average Bonchev–Trinajstić information content (AvgIpc) is 3.13. The van der Waals surface area contributed by atoms with E-state index in [-0.39, 0.29) is 6.03 Å². The van der Waals surface area contributed by atoms with E-state index in [2.05, 4.69) is 39.8 Å². The van der Waals surface area contributed by atoms with Crippen LogP contribution < -0.4 is 10.6 Å². The molecule has 24 heavy (non-hydrogen) atoms. The number of nitrogens with zero attached hydrogens (tertiary/aromatic N) is 1. The topological polar surface area (TPSA) is 53.6 Å². The molecule has 2 fully saturated rings. The van der Waals surface area contributed by atoms with Crippen LogP contribution in [-0.2, 0) is 11.2 Å². The van der Waals surface area contributed by atoms with Gasteiger partial charge in [-0.1, -0.05) is 43.2 Å². The highest BCUT2D eigenvalue weighted by atomic mass is 16.5. The van der Waals surface area contributed by atoms with Crippen molar-refractivity contribution in [1.82, 2.24) is 15.5 Å². The van der Waals surface area contributed by atoms with Crippen LogP contribution in [0.25, 0.3) is 0 Å². The van der Waals surface area contributed by atoms with Crippen molar-refractivity contribution in [3.63, 3.8) is 0 Å². The number of hydrogen-bond donors (Lipinski definition) is 2. The molecule has 1 unspecified atom stereocenters. The van der Waals surface area contributed by atoms with Crippen LogP contribution in [-0.4, -0.2) is 55.9 Å². The van der Waals surface area contributed by atoms with E-state index in [0.717, 1.165) is 45.6 Å². The zero-order valence-electron chi connectivity index (χ0n) is 14.4. The van der Waals surface area contributed by atoms with Crippen molar-refractivity contribution in [2.45, 2.75) is 44.2 Å². The molecule has 0 aromatic heterocycles. The Morgan fingerprint density at radius 3 is 2.58 bits per heavy atom. The summed E-state index contributed by atoms with van der Waals surface area (Å²) in [7, 11) is 0. The van der Waals surface area contributed by atoms with Gasteiger partial charge in [-0.2, -0.15) is 0 Å². The molecule has 1 heterocycles. The third kappa shape index (κ3) is 5.21. The van der Waals surface area contributed by atoms with E-state index in [1.54, 1.807) is 0 Å². The number of morpholine rings is 1. The van der Waals surface area contributed by atoms with Crippen LogP contribution >= 0.6 is 0 Å². The molecule has 0 spiro atoms. The van der Waals surface area contributed by atoms with Crippen molar-refractivity contribution in [2.24, 2.45) is 0 Å². The molecule has 1 aliphatic heterocycles. The third-order valence-corrected chi connectivity index (χ3v) is 5.06. The third-order valence-electron chi connectivity index (χ3n) is 5.06. The summed E-state index contributed by atoms with van der Waals surface area (Å²) in [6, 6.07) is 11.2. The first-order valence-electron chi connectivity index (χ1n) is 9.21. The molecule has 132 valence electrons. The molecular weight excluding hydrogens is 302 g/mol. The number of amides is 2. The number of carbonyl (C=O) groups excluding carboxylic acids is 1. The fraction of sp³-hybridized carbons (Fsp3) is 0.632. The zero-order chi connectivity index (χ0) is 16.6. The smallest absolute Gasteiger partial charge is 0.315 e. The van der Waals surface area contributed by atoms with E-state index in [1.807, 2.05) is 6.07 Å². The average molecular weight is 331 g/mol. The summed E-state index contributed by atoms with van der Waals surface area (Å²) >= 11 is 0. The Bertz CT molecular complexity index is 497. The minimum absolute atomic E-state index is 0.0202. The van der Waals surface area contributed by atoms with Crippen molar-refractivity contribution in [3.05, 3.63) is 35.9 Å². The normalized spacial score (nSPS) is 20.7. The van der Waals surface area contributed by atoms with Crippen molar-refractivity contribution in [3.8, 4) is 0 Å². The molecular formula is C19H29N3O2. The second-order valence-electron chi connectivity index (χ2n) is 6.83. The van der Waals surface area contributed by atoms with Gasteiger partial charge < -0.3 is 15.4 Å². The Labute approximate surface area is 144 Å². The van der Waals surface area contributed by atoms with Gasteiger partial charge in [0.15, 0.2) is 0 Å². The second kappa shape index (κ2) is 9.04. The molecule has 1 aromatic carbocycles. The lowest BCUT2D eigenvalue weighted by atomic mass is 10.0. The van der Waals surface area contributed by atoms with E-state index in [1.165, 1.54) is 18.4 Å². The number of ether oxygens (including phenoxy) is 1. The Balaban J connectivity index is 1.53. The van der Waals surface area contributed by atoms with Crippen molar-refractivity contribution < 1.29 is 9.53 Å². The fourth-order valence-corrected chi connectivity index (χ4v) is 3.68. The van der Waals surface area contributed by atoms with E-state index >= 15 is 0 Å². The van der Waals surface area contributed by atoms with Gasteiger partial charge in [-0.05, 0) is 24.8 Å². The van der Waals surface area contributed by atoms with E-state index in [0.29, 0.717) is 18.6 Å². The molecule has 0 radical (unpaired) electrons. The molecule has 5 nitrogen and oxygen atoms in total. The predicted molar refractivity (Wildman–Crippen MR) is 95.1 cm³/mol. The van der Waals surface area contributed by atoms with E-state index < -0.39 is 0 Å². The summed E-state index contributed by atoms with van der Waals surface area (Å²) in [6.45, 7) is 4.10. The molecule has 1 saturated carbocycles. The lowest BCUT2D eigenvalue weighted by Gasteiger charge is -2.34. The quantitative estimate of drug-likeness (QED) is 0.840. The highest BCUT2D eigenvalue weighted by Gasteiger charge is 2.23. The van der Waals surface area contributed by atoms with Gasteiger partial charge in [0.2, 0.25) is 0 Å². The minimum Gasteiger partial charge on any atom is -0.379 e. The molecule has 2 aliphatic rings. The van der Waals surface area contributed by atoms with Crippen molar-refractivity contribution >= 4 is 6.03 Å². The van der Waals surface area contributed by atoms with Gasteiger partial charge in [-0.25, -0.2) is 4.79 Å². The molecule has 1 aromatic rings. The van der Waals surface area contributed by atoms with E-state index in [4.69, 9.17) is 4.74 Å². The van der Waals surface area contributed by atoms with Crippen LogP contribution in [0.15, 0.2) is 30.3 Å². The van der Waals surface area contributed by atoms with Gasteiger partial charge in [-0.15, -0.1) is 0 Å². The summed E-state index contributed by atoms with van der Waals surface area (Å²) in [5.41, 5.74) is 1.31. The number of rotatable bonds is 6. The summed E-state index contributed by atoms with van der Waals surface area (Å²) in [5.74, 6) is 0. The number of hydrogen-bond acceptors (Lipinski definition) is 3. The van der Waals surface area contributed by atoms with Crippen molar-refractivity contribution in [1.29, 1.82) is 0 Å². The maximum absolute atomic E-state index is 12.2. The molecule has 1 atom stereocenters. The number of nitrogens with one attached hydrogen (secondary N) is 2. The van der Waals surface area contributed by atoms with Crippen LogP contribution in [0.3, 0.4) is 0 Å². The lowest BCUT2D eigenvalue weighted by molar-refractivity contribution is 0.0172. The first-order valence-corrected chi connectivity index (χ1v) is 9.21. The molecule has 2 amide bonds. The Morgan fingerprint density at radius 1 is 1.17 bits per heavy atom. The Hall–Kier alpha value is -1.59. The van der Waals surface area contributed by atoms with Crippen LogP contribution in [0.5, 0.6) is 0 Å². The Morgan fingerprint density at radius 2 is 1.88 bits per heavy atom.